The van der Waals surface area contributed by atoms with Gasteiger partial charge in [-0.15, -0.1) is 0 Å². The summed E-state index contributed by atoms with van der Waals surface area (Å²) in [6.07, 6.45) is 16.8. The van der Waals surface area contributed by atoms with E-state index in [1.807, 2.05) is 0 Å². The van der Waals surface area contributed by atoms with E-state index in [-0.39, 0.29) is 5.76 Å². The van der Waals surface area contributed by atoms with Crippen LogP contribution in [0.25, 0.3) is 0 Å². The number of ether oxygens (including phenoxy) is 1. The van der Waals surface area contributed by atoms with Crippen molar-refractivity contribution in [3.8, 4) is 0 Å². The van der Waals surface area contributed by atoms with Crippen molar-refractivity contribution in [2.45, 2.75) is 0 Å². The zero-order chi connectivity index (χ0) is 14.5. The largest absolute Gasteiger partial charge is 0.458 e. The van der Waals surface area contributed by atoms with E-state index in [1.165, 1.54) is 31.0 Å². The van der Waals surface area contributed by atoms with Gasteiger partial charge in [-0.1, -0.05) is 0 Å². The van der Waals surface area contributed by atoms with Crippen LogP contribution in [0.2, 0.25) is 0 Å². The normalized spacial score (nSPS) is 15.7. The number of hydrogen-bond donors (Lipinski definition) is 3. The molecule has 0 atom stereocenters. The molecular weight excluding hydrogens is 258 g/mol. The Bertz CT molecular complexity index is 513. The fraction of sp³-hybridized carbons (Fsp3) is 0. The molecule has 0 saturated carbocycles. The summed E-state index contributed by atoms with van der Waals surface area (Å²) in [7, 11) is 0. The third-order valence-electron chi connectivity index (χ3n) is 1.79. The van der Waals surface area contributed by atoms with Crippen LogP contribution in [0, 0.1) is 0 Å². The third-order valence-corrected chi connectivity index (χ3v) is 1.79. The first-order valence-electron chi connectivity index (χ1n) is 5.66. The summed E-state index contributed by atoms with van der Waals surface area (Å²) < 4.78 is 5.06. The molecule has 0 aliphatic carbocycles. The van der Waals surface area contributed by atoms with Crippen molar-refractivity contribution in [3.63, 3.8) is 0 Å². The van der Waals surface area contributed by atoms with Gasteiger partial charge in [0.2, 0.25) is 0 Å². The van der Waals surface area contributed by atoms with E-state index in [0.29, 0.717) is 0 Å². The molecule has 20 heavy (non-hydrogen) atoms. The molecule has 0 radical (unpaired) electrons. The van der Waals surface area contributed by atoms with Gasteiger partial charge in [0, 0.05) is 55.7 Å². The molecular formula is C13H15N5O2. The lowest BCUT2D eigenvalue weighted by Crippen LogP contribution is -2.15. The molecule has 0 aromatic rings. The Kier molecular flexibility index (Phi) is 7.40. The monoisotopic (exact) mass is 273 g/mol. The fourth-order valence-corrected chi connectivity index (χ4v) is 0.967. The van der Waals surface area contributed by atoms with Crippen molar-refractivity contribution in [2.24, 2.45) is 15.7 Å². The summed E-state index contributed by atoms with van der Waals surface area (Å²) in [6.45, 7) is 0. The number of allylic oxidation sites excluding steroid dienone is 2. The van der Waals surface area contributed by atoms with Crippen LogP contribution >= 0.6 is 0 Å². The van der Waals surface area contributed by atoms with Crippen LogP contribution in [0.5, 0.6) is 0 Å². The number of rotatable bonds is 1. The van der Waals surface area contributed by atoms with Gasteiger partial charge in [-0.3, -0.25) is 14.8 Å². The number of hydrogen-bond acceptors (Lipinski definition) is 6. The van der Waals surface area contributed by atoms with Crippen LogP contribution in [0.15, 0.2) is 71.4 Å². The van der Waals surface area contributed by atoms with Crippen LogP contribution < -0.4 is 16.4 Å². The molecule has 0 fully saturated rings. The van der Waals surface area contributed by atoms with E-state index in [0.717, 1.165) is 0 Å². The Balaban J connectivity index is 2.78. The molecule has 1 amide bonds. The molecule has 1 aliphatic heterocycles. The highest BCUT2D eigenvalue weighted by molar-refractivity contribution is 5.94. The summed E-state index contributed by atoms with van der Waals surface area (Å²) in [6, 6.07) is 0. The zero-order valence-electron chi connectivity index (χ0n) is 10.6. The fourth-order valence-electron chi connectivity index (χ4n) is 0.967. The van der Waals surface area contributed by atoms with Crippen LogP contribution in [0.1, 0.15) is 0 Å². The summed E-state index contributed by atoms with van der Waals surface area (Å²) in [5.41, 5.74) is 5.15. The SMILES string of the molecule is NC(=O)C1=CC=NC=CC=NC=CNC=CNC=CO1. The van der Waals surface area contributed by atoms with Gasteiger partial charge in [-0.25, -0.2) is 0 Å². The summed E-state index contributed by atoms with van der Waals surface area (Å²) in [5.74, 6) is -0.715. The average molecular weight is 273 g/mol. The molecule has 1 rings (SSSR count). The van der Waals surface area contributed by atoms with Gasteiger partial charge in [0.25, 0.3) is 5.91 Å². The molecule has 0 bridgehead atoms. The topological polar surface area (TPSA) is 101 Å². The van der Waals surface area contributed by atoms with E-state index in [4.69, 9.17) is 10.5 Å². The van der Waals surface area contributed by atoms with E-state index in [1.54, 1.807) is 37.1 Å². The first-order chi connectivity index (χ1) is 9.80. The van der Waals surface area contributed by atoms with Gasteiger partial charge in [0.05, 0.1) is 0 Å². The molecule has 104 valence electrons. The van der Waals surface area contributed by atoms with Gasteiger partial charge in [0.1, 0.15) is 6.26 Å². The Morgan fingerprint density at radius 2 is 1.80 bits per heavy atom. The molecule has 0 aromatic heterocycles. The minimum atomic E-state index is -0.689. The number of carbonyl (C=O) groups excluding carboxylic acids is 1. The molecule has 0 spiro atoms. The van der Waals surface area contributed by atoms with Crippen molar-refractivity contribution < 1.29 is 9.53 Å². The highest BCUT2D eigenvalue weighted by Crippen LogP contribution is 1.95. The number of carbonyl (C=O) groups is 1. The van der Waals surface area contributed by atoms with E-state index in [2.05, 4.69) is 20.6 Å². The molecule has 4 N–H and O–H groups in total. The number of aliphatic imine (C=N–C) groups is 2. The average Bonchev–Trinajstić information content (AvgIpc) is 2.43. The lowest BCUT2D eigenvalue weighted by atomic mass is 10.4. The van der Waals surface area contributed by atoms with Crippen molar-refractivity contribution in [1.29, 1.82) is 0 Å². The minimum Gasteiger partial charge on any atom is -0.458 e. The van der Waals surface area contributed by atoms with E-state index < -0.39 is 5.91 Å². The highest BCUT2D eigenvalue weighted by Gasteiger charge is 2.02. The van der Waals surface area contributed by atoms with Gasteiger partial charge in [0.15, 0.2) is 5.76 Å². The second-order valence-electron chi connectivity index (χ2n) is 3.24. The molecule has 0 saturated heterocycles. The summed E-state index contributed by atoms with van der Waals surface area (Å²) in [5, 5.41) is 5.65. The van der Waals surface area contributed by atoms with Crippen molar-refractivity contribution in [2.75, 3.05) is 0 Å². The number of amides is 1. The maximum atomic E-state index is 11.1. The first-order valence-corrected chi connectivity index (χ1v) is 5.66. The highest BCUT2D eigenvalue weighted by atomic mass is 16.5. The molecule has 7 nitrogen and oxygen atoms in total. The molecule has 1 heterocycles. The zero-order valence-corrected chi connectivity index (χ0v) is 10.6. The lowest BCUT2D eigenvalue weighted by Gasteiger charge is -1.99. The smallest absolute Gasteiger partial charge is 0.284 e. The number of primary amides is 1. The third kappa shape index (κ3) is 7.28. The lowest BCUT2D eigenvalue weighted by molar-refractivity contribution is -0.117. The summed E-state index contributed by atoms with van der Waals surface area (Å²) >= 11 is 0. The van der Waals surface area contributed by atoms with E-state index in [9.17, 15) is 4.79 Å². The molecule has 0 unspecified atom stereocenters. The molecule has 0 aromatic carbocycles. The van der Waals surface area contributed by atoms with Crippen LogP contribution in [-0.2, 0) is 9.53 Å². The number of nitrogens with one attached hydrogen (secondary N) is 2. The Hall–Kier alpha value is -3.09. The molecule has 1 aliphatic rings. The maximum absolute atomic E-state index is 11.1. The van der Waals surface area contributed by atoms with E-state index >= 15 is 0 Å². The Morgan fingerprint density at radius 1 is 1.05 bits per heavy atom. The number of nitrogens with two attached hydrogens (primary N) is 1. The standard InChI is InChI=1S/C13H15N5O2/c14-13(19)12-2-5-15-3-1-4-16-6-7-17-8-9-18-10-11-20-12/h1-11,17-18H,(H2,14,19). The van der Waals surface area contributed by atoms with Crippen LogP contribution in [0.3, 0.4) is 0 Å². The second-order valence-corrected chi connectivity index (χ2v) is 3.24. The van der Waals surface area contributed by atoms with Gasteiger partial charge in [-0.05, 0) is 6.08 Å². The maximum Gasteiger partial charge on any atom is 0.284 e. The van der Waals surface area contributed by atoms with Crippen LogP contribution in [0.4, 0.5) is 0 Å². The first kappa shape index (κ1) is 15.0. The Morgan fingerprint density at radius 3 is 2.60 bits per heavy atom. The predicted molar refractivity (Wildman–Crippen MR) is 78.2 cm³/mol. The predicted octanol–water partition coefficient (Wildman–Crippen LogP) is 0.634. The molecule has 7 heteroatoms. The Labute approximate surface area is 116 Å². The second kappa shape index (κ2) is 9.89. The summed E-state index contributed by atoms with van der Waals surface area (Å²) in [4.78, 5) is 18.9. The van der Waals surface area contributed by atoms with Crippen molar-refractivity contribution in [1.82, 2.24) is 10.6 Å². The van der Waals surface area contributed by atoms with Crippen molar-refractivity contribution in [3.05, 3.63) is 61.4 Å². The minimum absolute atomic E-state index is 0.0260. The van der Waals surface area contributed by atoms with Crippen molar-refractivity contribution >= 4 is 18.3 Å². The van der Waals surface area contributed by atoms with Gasteiger partial charge >= 0.3 is 0 Å². The van der Waals surface area contributed by atoms with Gasteiger partial charge in [-0.2, -0.15) is 0 Å². The van der Waals surface area contributed by atoms with Crippen LogP contribution in [-0.4, -0.2) is 18.3 Å². The number of nitrogens with zero attached hydrogens (tertiary/aromatic N) is 2. The quantitative estimate of drug-likeness (QED) is 0.652. The van der Waals surface area contributed by atoms with Gasteiger partial charge < -0.3 is 21.1 Å².